The van der Waals surface area contributed by atoms with Crippen LogP contribution in [0.3, 0.4) is 0 Å². The van der Waals surface area contributed by atoms with Crippen molar-refractivity contribution in [2.75, 3.05) is 20.2 Å². The summed E-state index contributed by atoms with van der Waals surface area (Å²) in [5, 5.41) is 5.62. The second-order valence-electron chi connectivity index (χ2n) is 3.35. The number of amides is 1. The van der Waals surface area contributed by atoms with E-state index in [1.165, 1.54) is 0 Å². The third kappa shape index (κ3) is 5.56. The number of ether oxygens (including phenoxy) is 1. The first kappa shape index (κ1) is 15.7. The Kier molecular flexibility index (Phi) is 8.19. The van der Waals surface area contributed by atoms with Crippen LogP contribution < -0.4 is 15.4 Å². The minimum absolute atomic E-state index is 0. The molecule has 0 aromatic heterocycles. The molecule has 0 radical (unpaired) electrons. The largest absolute Gasteiger partial charge is 0.494 e. The normalized spacial score (nSPS) is 9.29. The predicted molar refractivity (Wildman–Crippen MR) is 70.6 cm³/mol. The summed E-state index contributed by atoms with van der Waals surface area (Å²) in [5.41, 5.74) is 0.994. The van der Waals surface area contributed by atoms with Crippen LogP contribution >= 0.6 is 12.4 Å². The molecule has 4 nitrogen and oxygen atoms in total. The third-order valence-corrected chi connectivity index (χ3v) is 2.09. The Morgan fingerprint density at radius 2 is 2.06 bits per heavy atom. The number of para-hydroxylation sites is 1. The van der Waals surface area contributed by atoms with Gasteiger partial charge < -0.3 is 15.4 Å². The monoisotopic (exact) mass is 258 g/mol. The van der Waals surface area contributed by atoms with E-state index in [1.54, 1.807) is 7.05 Å². The summed E-state index contributed by atoms with van der Waals surface area (Å²) in [6, 6.07) is 7.71. The van der Waals surface area contributed by atoms with Gasteiger partial charge in [0.1, 0.15) is 5.75 Å². The Hall–Kier alpha value is -1.26. The molecule has 0 aliphatic rings. The van der Waals surface area contributed by atoms with Crippen LogP contribution in [0.5, 0.6) is 5.75 Å². The van der Waals surface area contributed by atoms with Gasteiger partial charge in [-0.3, -0.25) is 4.79 Å². The molecular weight excluding hydrogens is 240 g/mol. The van der Waals surface area contributed by atoms with Crippen molar-refractivity contribution in [3.05, 3.63) is 29.8 Å². The number of halogens is 1. The van der Waals surface area contributed by atoms with Gasteiger partial charge in [-0.15, -0.1) is 12.4 Å². The number of hydrogen-bond donors (Lipinski definition) is 2. The lowest BCUT2D eigenvalue weighted by Crippen LogP contribution is -2.31. The van der Waals surface area contributed by atoms with Crippen LogP contribution in [0.1, 0.15) is 12.5 Å². The summed E-state index contributed by atoms with van der Waals surface area (Å²) in [5.74, 6) is 0.809. The molecule has 2 N–H and O–H groups in total. The number of rotatable bonds is 6. The van der Waals surface area contributed by atoms with Gasteiger partial charge in [0, 0.05) is 12.1 Å². The molecule has 1 rings (SSSR count). The lowest BCUT2D eigenvalue weighted by molar-refractivity contribution is -0.120. The quantitative estimate of drug-likeness (QED) is 0.810. The molecule has 17 heavy (non-hydrogen) atoms. The first-order chi connectivity index (χ1) is 7.77. The smallest absolute Gasteiger partial charge is 0.234 e. The number of nitrogens with one attached hydrogen (secondary N) is 2. The molecule has 5 heteroatoms. The maximum atomic E-state index is 11.3. The van der Waals surface area contributed by atoms with Gasteiger partial charge in [-0.25, -0.2) is 0 Å². The van der Waals surface area contributed by atoms with Crippen LogP contribution in [0.15, 0.2) is 24.3 Å². The highest BCUT2D eigenvalue weighted by Gasteiger charge is 2.04. The molecule has 0 unspecified atom stereocenters. The molecule has 0 saturated heterocycles. The fourth-order valence-electron chi connectivity index (χ4n) is 1.36. The summed E-state index contributed by atoms with van der Waals surface area (Å²) in [6.07, 6.45) is 0. The number of likely N-dealkylation sites (N-methyl/N-ethyl adjacent to an activating group) is 1. The van der Waals surface area contributed by atoms with E-state index in [4.69, 9.17) is 4.74 Å². The van der Waals surface area contributed by atoms with Crippen molar-refractivity contribution in [3.8, 4) is 5.75 Å². The summed E-state index contributed by atoms with van der Waals surface area (Å²) < 4.78 is 5.46. The van der Waals surface area contributed by atoms with E-state index in [9.17, 15) is 4.79 Å². The predicted octanol–water partition coefficient (Wildman–Crippen LogP) is 1.34. The van der Waals surface area contributed by atoms with Gasteiger partial charge in [-0.05, 0) is 20.0 Å². The van der Waals surface area contributed by atoms with Gasteiger partial charge in [-0.2, -0.15) is 0 Å². The van der Waals surface area contributed by atoms with E-state index in [1.807, 2.05) is 31.2 Å². The highest BCUT2D eigenvalue weighted by Crippen LogP contribution is 2.17. The topological polar surface area (TPSA) is 50.4 Å². The van der Waals surface area contributed by atoms with E-state index < -0.39 is 0 Å². The van der Waals surface area contributed by atoms with Crippen molar-refractivity contribution < 1.29 is 9.53 Å². The maximum absolute atomic E-state index is 11.3. The zero-order valence-electron chi connectivity index (χ0n) is 10.2. The van der Waals surface area contributed by atoms with Gasteiger partial charge in [0.25, 0.3) is 0 Å². The molecule has 1 amide bonds. The second-order valence-corrected chi connectivity index (χ2v) is 3.35. The van der Waals surface area contributed by atoms with Crippen LogP contribution in [0, 0.1) is 0 Å². The summed E-state index contributed by atoms with van der Waals surface area (Å²) >= 11 is 0. The van der Waals surface area contributed by atoms with Crippen LogP contribution in [0.25, 0.3) is 0 Å². The van der Waals surface area contributed by atoms with Gasteiger partial charge in [-0.1, -0.05) is 18.2 Å². The fraction of sp³-hybridized carbons (Fsp3) is 0.417. The Morgan fingerprint density at radius 3 is 2.71 bits per heavy atom. The highest BCUT2D eigenvalue weighted by atomic mass is 35.5. The van der Waals surface area contributed by atoms with Crippen LogP contribution in [0.2, 0.25) is 0 Å². The number of carbonyl (C=O) groups is 1. The summed E-state index contributed by atoms with van der Waals surface area (Å²) in [7, 11) is 1.74. The first-order valence-corrected chi connectivity index (χ1v) is 5.40. The molecule has 0 spiro atoms. The molecule has 96 valence electrons. The molecule has 1 aromatic rings. The summed E-state index contributed by atoms with van der Waals surface area (Å²) in [4.78, 5) is 11.3. The van der Waals surface area contributed by atoms with Crippen molar-refractivity contribution in [2.24, 2.45) is 0 Å². The zero-order valence-corrected chi connectivity index (χ0v) is 11.0. The lowest BCUT2D eigenvalue weighted by atomic mass is 10.2. The van der Waals surface area contributed by atoms with Gasteiger partial charge >= 0.3 is 0 Å². The molecule has 0 atom stereocenters. The van der Waals surface area contributed by atoms with Gasteiger partial charge in [0.05, 0.1) is 13.2 Å². The number of benzene rings is 1. The van der Waals surface area contributed by atoms with Crippen molar-refractivity contribution in [1.82, 2.24) is 10.6 Å². The van der Waals surface area contributed by atoms with E-state index >= 15 is 0 Å². The van der Waals surface area contributed by atoms with Crippen molar-refractivity contribution in [1.29, 1.82) is 0 Å². The minimum atomic E-state index is -0.0196. The Bertz CT molecular complexity index is 345. The van der Waals surface area contributed by atoms with Crippen LogP contribution in [-0.4, -0.2) is 26.1 Å². The molecule has 0 bridgehead atoms. The van der Waals surface area contributed by atoms with E-state index in [2.05, 4.69) is 10.6 Å². The fourth-order valence-corrected chi connectivity index (χ4v) is 1.36. The third-order valence-electron chi connectivity index (χ3n) is 2.09. The molecule has 0 aliphatic carbocycles. The molecule has 0 fully saturated rings. The maximum Gasteiger partial charge on any atom is 0.234 e. The Balaban J connectivity index is 0.00000256. The molecule has 1 aromatic carbocycles. The van der Waals surface area contributed by atoms with E-state index in [0.717, 1.165) is 11.3 Å². The van der Waals surface area contributed by atoms with Crippen molar-refractivity contribution in [3.63, 3.8) is 0 Å². The van der Waals surface area contributed by atoms with Gasteiger partial charge in [0.2, 0.25) is 5.91 Å². The van der Waals surface area contributed by atoms with Gasteiger partial charge in [0.15, 0.2) is 0 Å². The van der Waals surface area contributed by atoms with Crippen LogP contribution in [0.4, 0.5) is 0 Å². The van der Waals surface area contributed by atoms with Crippen LogP contribution in [-0.2, 0) is 11.3 Å². The van der Waals surface area contributed by atoms with Crippen molar-refractivity contribution >= 4 is 18.3 Å². The SMILES string of the molecule is CCOc1ccccc1CNC(=O)CNC.Cl. The summed E-state index contributed by atoms with van der Waals surface area (Å²) in [6.45, 7) is 3.39. The average molecular weight is 259 g/mol. The molecular formula is C12H19ClN2O2. The number of hydrogen-bond acceptors (Lipinski definition) is 3. The zero-order chi connectivity index (χ0) is 11.8. The lowest BCUT2D eigenvalue weighted by Gasteiger charge is -2.10. The standard InChI is InChI=1S/C12H18N2O2.ClH/c1-3-16-11-7-5-4-6-10(11)8-14-12(15)9-13-2;/h4-7,13H,3,8-9H2,1-2H3,(H,14,15);1H. The van der Waals surface area contributed by atoms with E-state index in [-0.39, 0.29) is 18.3 Å². The van der Waals surface area contributed by atoms with E-state index in [0.29, 0.717) is 19.7 Å². The number of carbonyl (C=O) groups excluding carboxylic acids is 1. The second kappa shape index (κ2) is 8.84. The molecule has 0 saturated carbocycles. The first-order valence-electron chi connectivity index (χ1n) is 5.40. The average Bonchev–Trinajstić information content (AvgIpc) is 2.29. The highest BCUT2D eigenvalue weighted by molar-refractivity contribution is 5.85. The molecule has 0 aliphatic heterocycles. The Morgan fingerprint density at radius 1 is 1.35 bits per heavy atom. The van der Waals surface area contributed by atoms with Crippen molar-refractivity contribution in [2.45, 2.75) is 13.5 Å². The minimum Gasteiger partial charge on any atom is -0.494 e. The molecule has 0 heterocycles. The Labute approximate surface area is 108 Å².